The number of hydrogen-bond donors (Lipinski definition) is 2. The monoisotopic (exact) mass is 513 g/mol. The number of aromatic nitrogens is 1. The van der Waals surface area contributed by atoms with Gasteiger partial charge < -0.3 is 4.90 Å². The zero-order valence-corrected chi connectivity index (χ0v) is 20.2. The molecule has 2 heterocycles. The fraction of sp³-hybridized carbons (Fsp3) is 0.500. The van der Waals surface area contributed by atoms with Crippen LogP contribution in [0.1, 0.15) is 37.4 Å². The van der Waals surface area contributed by atoms with Crippen molar-refractivity contribution in [2.75, 3.05) is 19.9 Å². The van der Waals surface area contributed by atoms with Gasteiger partial charge in [0.15, 0.2) is 20.2 Å². The largest absolute Gasteiger partial charge is 0.401 e. The van der Waals surface area contributed by atoms with E-state index in [9.17, 15) is 26.4 Å². The molecule has 1 unspecified atom stereocenters. The maximum absolute atomic E-state index is 12.7. The van der Waals surface area contributed by atoms with E-state index in [4.69, 9.17) is 9.39 Å². The summed E-state index contributed by atoms with van der Waals surface area (Å²) in [4.78, 5) is 26.0. The second-order valence-electron chi connectivity index (χ2n) is 8.14. The first-order valence-electron chi connectivity index (χ1n) is 9.95. The van der Waals surface area contributed by atoms with E-state index in [2.05, 4.69) is 27.9 Å². The standard InChI is InChI=1S/C20H23N3O9S2/c1-19(17(24)21-26,33(3,27)28)10-11-22-14-16-12-15(13-23(16)18(22)25)6-4-5-7-20(8-9-20)32-34(29,30)31-2/h12-13,26H,8-11,14H2,1-3H3,(H,21,24). The van der Waals surface area contributed by atoms with Crippen LogP contribution in [0.5, 0.6) is 0 Å². The minimum atomic E-state index is -4.11. The molecule has 1 aromatic rings. The predicted molar refractivity (Wildman–Crippen MR) is 117 cm³/mol. The lowest BCUT2D eigenvalue weighted by Gasteiger charge is -2.27. The van der Waals surface area contributed by atoms with Gasteiger partial charge in [-0.15, -0.1) is 0 Å². The Balaban J connectivity index is 1.65. The molecule has 2 amide bonds. The number of hydrogen-bond acceptors (Lipinski definition) is 9. The van der Waals surface area contributed by atoms with Gasteiger partial charge in [0.1, 0.15) is 0 Å². The number of sulfone groups is 1. The van der Waals surface area contributed by atoms with Crippen molar-refractivity contribution in [3.63, 3.8) is 0 Å². The lowest BCUT2D eigenvalue weighted by atomic mass is 10.1. The van der Waals surface area contributed by atoms with E-state index >= 15 is 0 Å². The van der Waals surface area contributed by atoms with E-state index in [1.807, 2.05) is 0 Å². The molecule has 34 heavy (non-hydrogen) atoms. The quantitative estimate of drug-likeness (QED) is 0.272. The fourth-order valence-electron chi connectivity index (χ4n) is 3.22. The van der Waals surface area contributed by atoms with E-state index in [1.165, 1.54) is 28.1 Å². The summed E-state index contributed by atoms with van der Waals surface area (Å²) < 4.78 is 55.5. The summed E-state index contributed by atoms with van der Waals surface area (Å²) in [7, 11) is -6.99. The Kier molecular flexibility index (Phi) is 6.85. The third-order valence-electron chi connectivity index (χ3n) is 5.72. The van der Waals surface area contributed by atoms with E-state index in [-0.39, 0.29) is 19.5 Å². The molecule has 14 heteroatoms. The lowest BCUT2D eigenvalue weighted by Crippen LogP contribution is -2.50. The number of hydroxylamine groups is 1. The van der Waals surface area contributed by atoms with Gasteiger partial charge in [-0.3, -0.25) is 18.8 Å². The molecule has 3 rings (SSSR count). The molecule has 184 valence electrons. The van der Waals surface area contributed by atoms with Crippen molar-refractivity contribution in [1.29, 1.82) is 0 Å². The van der Waals surface area contributed by atoms with Crippen LogP contribution >= 0.6 is 0 Å². The van der Waals surface area contributed by atoms with Gasteiger partial charge in [0, 0.05) is 30.3 Å². The summed E-state index contributed by atoms with van der Waals surface area (Å²) in [5.41, 5.74) is 1.38. The molecule has 2 N–H and O–H groups in total. The normalized spacial score (nSPS) is 18.1. The lowest BCUT2D eigenvalue weighted by molar-refractivity contribution is -0.131. The Morgan fingerprint density at radius 3 is 2.50 bits per heavy atom. The first-order chi connectivity index (χ1) is 15.8. The van der Waals surface area contributed by atoms with Crippen LogP contribution < -0.4 is 5.48 Å². The van der Waals surface area contributed by atoms with Gasteiger partial charge in [-0.2, -0.15) is 8.42 Å². The van der Waals surface area contributed by atoms with Crippen molar-refractivity contribution in [2.24, 2.45) is 0 Å². The van der Waals surface area contributed by atoms with Gasteiger partial charge in [0.2, 0.25) is 0 Å². The van der Waals surface area contributed by atoms with Gasteiger partial charge in [-0.1, -0.05) is 11.8 Å². The number of carbonyl (C=O) groups is 2. The minimum Gasteiger partial charge on any atom is -0.318 e. The third kappa shape index (κ3) is 5.27. The molecule has 0 radical (unpaired) electrons. The average Bonchev–Trinajstić information content (AvgIpc) is 3.29. The highest BCUT2D eigenvalue weighted by atomic mass is 32.3. The maximum Gasteiger partial charge on any atom is 0.401 e. The van der Waals surface area contributed by atoms with Gasteiger partial charge in [-0.05, 0) is 44.1 Å². The van der Waals surface area contributed by atoms with Crippen LogP contribution in [0.2, 0.25) is 0 Å². The zero-order valence-electron chi connectivity index (χ0n) is 18.6. The molecule has 0 bridgehead atoms. The van der Waals surface area contributed by atoms with Crippen molar-refractivity contribution >= 4 is 32.2 Å². The van der Waals surface area contributed by atoms with Gasteiger partial charge >= 0.3 is 16.4 Å². The first kappa shape index (κ1) is 25.7. The number of fused-ring (bicyclic) bond motifs is 1. The summed E-state index contributed by atoms with van der Waals surface area (Å²) in [6.45, 7) is 1.33. The molecular formula is C20H23N3O9S2. The average molecular weight is 514 g/mol. The summed E-state index contributed by atoms with van der Waals surface area (Å²) in [6, 6.07) is 1.26. The number of amides is 2. The molecule has 2 aliphatic rings. The van der Waals surface area contributed by atoms with Crippen LogP contribution in [0.15, 0.2) is 12.3 Å². The highest BCUT2D eigenvalue weighted by Gasteiger charge is 2.47. The number of rotatable bonds is 8. The smallest absolute Gasteiger partial charge is 0.318 e. The molecule has 1 aliphatic carbocycles. The van der Waals surface area contributed by atoms with Crippen LogP contribution in [0.25, 0.3) is 0 Å². The van der Waals surface area contributed by atoms with E-state index in [1.54, 1.807) is 6.07 Å². The second-order valence-corrected chi connectivity index (χ2v) is 11.9. The van der Waals surface area contributed by atoms with Crippen LogP contribution in [-0.2, 0) is 39.9 Å². The Hall–Kier alpha value is -2.88. The van der Waals surface area contributed by atoms with Crippen molar-refractivity contribution in [1.82, 2.24) is 14.9 Å². The Morgan fingerprint density at radius 1 is 1.29 bits per heavy atom. The van der Waals surface area contributed by atoms with Crippen molar-refractivity contribution in [3.05, 3.63) is 23.5 Å². The van der Waals surface area contributed by atoms with Crippen LogP contribution in [0.3, 0.4) is 0 Å². The molecule has 12 nitrogen and oxygen atoms in total. The molecule has 0 spiro atoms. The molecular weight excluding hydrogens is 490 g/mol. The third-order valence-corrected chi connectivity index (χ3v) is 8.68. The number of nitrogens with zero attached hydrogens (tertiary/aromatic N) is 2. The van der Waals surface area contributed by atoms with Gasteiger partial charge in [0.05, 0.1) is 13.7 Å². The minimum absolute atomic E-state index is 0.0313. The molecule has 1 atom stereocenters. The Bertz CT molecular complexity index is 1350. The summed E-state index contributed by atoms with van der Waals surface area (Å²) in [5.74, 6) is 9.53. The summed E-state index contributed by atoms with van der Waals surface area (Å²) in [6.07, 6.45) is 3.06. The van der Waals surface area contributed by atoms with E-state index in [0.29, 0.717) is 24.1 Å². The van der Waals surface area contributed by atoms with Gasteiger partial charge in [0.25, 0.3) is 5.91 Å². The first-order valence-corrected chi connectivity index (χ1v) is 13.2. The van der Waals surface area contributed by atoms with Crippen LogP contribution in [-0.4, -0.2) is 73.7 Å². The molecule has 1 fully saturated rings. The Labute approximate surface area is 197 Å². The molecule has 1 aromatic heterocycles. The number of carbonyl (C=O) groups excluding carboxylic acids is 2. The fourth-order valence-corrected chi connectivity index (χ4v) is 4.73. The Morgan fingerprint density at radius 2 is 1.97 bits per heavy atom. The highest BCUT2D eigenvalue weighted by Crippen LogP contribution is 2.40. The SMILES string of the molecule is COS(=O)(=O)OC1(C#CC#Cc2cc3n(c2)C(=O)N(CCC(C)(C(=O)NO)S(C)(=O)=O)C3)CC1. The molecule has 1 aliphatic heterocycles. The van der Waals surface area contributed by atoms with E-state index in [0.717, 1.165) is 13.4 Å². The van der Waals surface area contributed by atoms with Crippen LogP contribution in [0, 0.1) is 23.7 Å². The number of nitrogens with one attached hydrogen (secondary N) is 1. The summed E-state index contributed by atoms with van der Waals surface area (Å²) in [5, 5.41) is 8.90. The second kappa shape index (κ2) is 9.05. The summed E-state index contributed by atoms with van der Waals surface area (Å²) >= 11 is 0. The highest BCUT2D eigenvalue weighted by molar-refractivity contribution is 7.92. The molecule has 1 saturated carbocycles. The topological polar surface area (TPSA) is 161 Å². The van der Waals surface area contributed by atoms with Gasteiger partial charge in [-0.25, -0.2) is 22.9 Å². The predicted octanol–water partition coefficient (Wildman–Crippen LogP) is -0.234. The van der Waals surface area contributed by atoms with Crippen LogP contribution in [0.4, 0.5) is 4.79 Å². The van der Waals surface area contributed by atoms with Crippen molar-refractivity contribution < 1.29 is 40.0 Å². The van der Waals surface area contributed by atoms with E-state index < -0.39 is 42.5 Å². The molecule has 0 aromatic carbocycles. The van der Waals surface area contributed by atoms with Crippen molar-refractivity contribution in [3.8, 4) is 23.7 Å². The molecule has 0 saturated heterocycles. The zero-order chi connectivity index (χ0) is 25.4. The van der Waals surface area contributed by atoms with Crippen molar-refractivity contribution in [2.45, 2.75) is 43.1 Å². The maximum atomic E-state index is 12.7.